The average Bonchev–Trinajstić information content (AvgIpc) is 2.87. The molecule has 2 aromatic rings. The van der Waals surface area contributed by atoms with E-state index in [-0.39, 0.29) is 10.9 Å². The highest BCUT2D eigenvalue weighted by Gasteiger charge is 2.21. The molecular weight excluding hydrogens is 307 g/mol. The van der Waals surface area contributed by atoms with E-state index in [1.165, 1.54) is 32.3 Å². The van der Waals surface area contributed by atoms with E-state index in [1.54, 1.807) is 12.1 Å². The van der Waals surface area contributed by atoms with Crippen LogP contribution in [0.4, 0.5) is 4.39 Å². The first-order chi connectivity index (χ1) is 10.3. The predicted molar refractivity (Wildman–Crippen MR) is 81.2 cm³/mol. The molecule has 0 unspecified atom stereocenters. The minimum atomic E-state index is -3.56. The standard InChI is InChI=1S/C15H19FN2O3S/c1-17(2)22(19,20)15-8-7-14(21-15)11-18(3)10-12-5-4-6-13(16)9-12/h4-9H,10-11H2,1-3H3. The molecule has 1 aromatic carbocycles. The smallest absolute Gasteiger partial charge is 0.275 e. The van der Waals surface area contributed by atoms with E-state index in [2.05, 4.69) is 0 Å². The van der Waals surface area contributed by atoms with Crippen LogP contribution in [0.2, 0.25) is 0 Å². The van der Waals surface area contributed by atoms with Crippen molar-refractivity contribution in [2.75, 3.05) is 21.1 Å². The van der Waals surface area contributed by atoms with E-state index in [0.717, 1.165) is 9.87 Å². The van der Waals surface area contributed by atoms with Crippen LogP contribution in [-0.2, 0) is 23.1 Å². The van der Waals surface area contributed by atoms with Gasteiger partial charge in [-0.05, 0) is 36.9 Å². The van der Waals surface area contributed by atoms with Crippen molar-refractivity contribution in [3.8, 4) is 0 Å². The van der Waals surface area contributed by atoms with Crippen molar-refractivity contribution in [2.24, 2.45) is 0 Å². The Balaban J connectivity index is 2.04. The Bertz CT molecular complexity index is 741. The van der Waals surface area contributed by atoms with Crippen molar-refractivity contribution in [2.45, 2.75) is 18.2 Å². The molecule has 1 aromatic heterocycles. The van der Waals surface area contributed by atoms with E-state index in [0.29, 0.717) is 18.8 Å². The molecule has 22 heavy (non-hydrogen) atoms. The maximum absolute atomic E-state index is 13.1. The summed E-state index contributed by atoms with van der Waals surface area (Å²) < 4.78 is 43.5. The number of furan rings is 1. The third-order valence-electron chi connectivity index (χ3n) is 3.14. The van der Waals surface area contributed by atoms with E-state index >= 15 is 0 Å². The molecule has 5 nitrogen and oxygen atoms in total. The van der Waals surface area contributed by atoms with Gasteiger partial charge in [0.2, 0.25) is 5.09 Å². The molecule has 0 aliphatic heterocycles. The molecule has 0 amide bonds. The molecule has 0 N–H and O–H groups in total. The van der Waals surface area contributed by atoms with Crippen LogP contribution in [0.1, 0.15) is 11.3 Å². The van der Waals surface area contributed by atoms with Crippen molar-refractivity contribution in [3.05, 3.63) is 53.5 Å². The summed E-state index contributed by atoms with van der Waals surface area (Å²) in [4.78, 5) is 1.92. The highest BCUT2D eigenvalue weighted by molar-refractivity contribution is 7.88. The van der Waals surface area contributed by atoms with Gasteiger partial charge in [-0.15, -0.1) is 0 Å². The highest BCUT2D eigenvalue weighted by atomic mass is 32.2. The van der Waals surface area contributed by atoms with Crippen LogP contribution in [-0.4, -0.2) is 38.8 Å². The van der Waals surface area contributed by atoms with E-state index in [9.17, 15) is 12.8 Å². The lowest BCUT2D eigenvalue weighted by atomic mass is 10.2. The number of benzene rings is 1. The van der Waals surface area contributed by atoms with Crippen molar-refractivity contribution in [1.29, 1.82) is 0 Å². The highest BCUT2D eigenvalue weighted by Crippen LogP contribution is 2.18. The molecule has 0 atom stereocenters. The number of sulfonamides is 1. The van der Waals surface area contributed by atoms with Gasteiger partial charge in [0.15, 0.2) is 0 Å². The molecule has 0 saturated heterocycles. The second kappa shape index (κ2) is 6.60. The Morgan fingerprint density at radius 2 is 1.82 bits per heavy atom. The topological polar surface area (TPSA) is 53.8 Å². The van der Waals surface area contributed by atoms with Gasteiger partial charge in [-0.25, -0.2) is 17.1 Å². The predicted octanol–water partition coefficient (Wildman–Crippen LogP) is 2.30. The van der Waals surface area contributed by atoms with Gasteiger partial charge in [0.05, 0.1) is 6.54 Å². The van der Waals surface area contributed by atoms with Crippen LogP contribution >= 0.6 is 0 Å². The van der Waals surface area contributed by atoms with Gasteiger partial charge in [0.1, 0.15) is 11.6 Å². The Morgan fingerprint density at radius 3 is 2.45 bits per heavy atom. The summed E-state index contributed by atoms with van der Waals surface area (Å²) >= 11 is 0. The normalized spacial score (nSPS) is 12.3. The molecular formula is C15H19FN2O3S. The molecule has 1 heterocycles. The second-order valence-electron chi connectivity index (χ2n) is 5.31. The van der Waals surface area contributed by atoms with Crippen molar-refractivity contribution in [3.63, 3.8) is 0 Å². The van der Waals surface area contributed by atoms with Gasteiger partial charge in [0, 0.05) is 20.6 Å². The molecule has 2 rings (SSSR count). The van der Waals surface area contributed by atoms with E-state index in [1.807, 2.05) is 18.0 Å². The Labute approximate surface area is 130 Å². The number of halogens is 1. The number of hydrogen-bond acceptors (Lipinski definition) is 4. The number of rotatable bonds is 6. The van der Waals surface area contributed by atoms with Crippen molar-refractivity contribution < 1.29 is 17.2 Å². The summed E-state index contributed by atoms with van der Waals surface area (Å²) in [5.74, 6) is 0.266. The molecule has 0 spiro atoms. The molecule has 0 fully saturated rings. The largest absolute Gasteiger partial charge is 0.447 e. The maximum atomic E-state index is 13.1. The number of hydrogen-bond donors (Lipinski definition) is 0. The summed E-state index contributed by atoms with van der Waals surface area (Å²) in [6.45, 7) is 0.966. The lowest BCUT2D eigenvalue weighted by molar-refractivity contribution is 0.273. The van der Waals surface area contributed by atoms with Crippen LogP contribution in [0.25, 0.3) is 0 Å². The summed E-state index contributed by atoms with van der Waals surface area (Å²) in [5.41, 5.74) is 0.843. The quantitative estimate of drug-likeness (QED) is 0.817. The monoisotopic (exact) mass is 326 g/mol. The first kappa shape index (κ1) is 16.7. The maximum Gasteiger partial charge on any atom is 0.275 e. The average molecular weight is 326 g/mol. The zero-order chi connectivity index (χ0) is 16.3. The van der Waals surface area contributed by atoms with Gasteiger partial charge in [-0.1, -0.05) is 12.1 Å². The third kappa shape index (κ3) is 3.94. The first-order valence-corrected chi connectivity index (χ1v) is 8.17. The van der Waals surface area contributed by atoms with Crippen LogP contribution in [0.5, 0.6) is 0 Å². The molecule has 0 saturated carbocycles. The minimum absolute atomic E-state index is 0.0772. The third-order valence-corrected chi connectivity index (χ3v) is 4.83. The zero-order valence-electron chi connectivity index (χ0n) is 12.8. The van der Waals surface area contributed by atoms with Crippen molar-refractivity contribution in [1.82, 2.24) is 9.21 Å². The molecule has 0 radical (unpaired) electrons. The van der Waals surface area contributed by atoms with Gasteiger partial charge in [0.25, 0.3) is 10.0 Å². The molecule has 120 valence electrons. The van der Waals surface area contributed by atoms with Gasteiger partial charge in [-0.3, -0.25) is 4.90 Å². The summed E-state index contributed by atoms with van der Waals surface area (Å²) in [7, 11) is 1.20. The Kier molecular flexibility index (Phi) is 5.00. The lowest BCUT2D eigenvalue weighted by Crippen LogP contribution is -2.21. The fourth-order valence-electron chi connectivity index (χ4n) is 2.03. The fourth-order valence-corrected chi connectivity index (χ4v) is 2.84. The minimum Gasteiger partial charge on any atom is -0.447 e. The summed E-state index contributed by atoms with van der Waals surface area (Å²) in [5, 5.41) is -0.0772. The molecule has 0 aliphatic rings. The van der Waals surface area contributed by atoms with Crippen LogP contribution in [0.15, 0.2) is 45.9 Å². The second-order valence-corrected chi connectivity index (χ2v) is 7.39. The first-order valence-electron chi connectivity index (χ1n) is 6.73. The molecule has 7 heteroatoms. The zero-order valence-corrected chi connectivity index (χ0v) is 13.6. The lowest BCUT2D eigenvalue weighted by Gasteiger charge is -2.15. The van der Waals surface area contributed by atoms with Gasteiger partial charge < -0.3 is 4.42 Å². The Morgan fingerprint density at radius 1 is 1.09 bits per heavy atom. The van der Waals surface area contributed by atoms with Crippen molar-refractivity contribution >= 4 is 10.0 Å². The Hall–Kier alpha value is -1.70. The SMILES string of the molecule is CN(Cc1cccc(F)c1)Cc1ccc(S(=O)(=O)N(C)C)o1. The number of nitrogens with zero attached hydrogens (tertiary/aromatic N) is 2. The van der Waals surface area contributed by atoms with E-state index in [4.69, 9.17) is 4.42 Å². The molecule has 0 aliphatic carbocycles. The van der Waals surface area contributed by atoms with Crippen LogP contribution in [0, 0.1) is 5.82 Å². The van der Waals surface area contributed by atoms with Crippen LogP contribution in [0.3, 0.4) is 0 Å². The fraction of sp³-hybridized carbons (Fsp3) is 0.333. The van der Waals surface area contributed by atoms with Gasteiger partial charge >= 0.3 is 0 Å². The molecule has 0 bridgehead atoms. The summed E-state index contributed by atoms with van der Waals surface area (Å²) in [6, 6.07) is 9.45. The van der Waals surface area contributed by atoms with E-state index < -0.39 is 10.0 Å². The van der Waals surface area contributed by atoms with Gasteiger partial charge in [-0.2, -0.15) is 0 Å². The summed E-state index contributed by atoms with van der Waals surface area (Å²) in [6.07, 6.45) is 0. The van der Waals surface area contributed by atoms with Crippen LogP contribution < -0.4 is 0 Å².